The van der Waals surface area contributed by atoms with Crippen molar-refractivity contribution < 1.29 is 9.32 Å². The number of benzene rings is 1. The van der Waals surface area contributed by atoms with Gasteiger partial charge in [0.25, 0.3) is 5.89 Å². The lowest BCUT2D eigenvalue weighted by Gasteiger charge is -2.39. The van der Waals surface area contributed by atoms with E-state index in [1.54, 1.807) is 43.6 Å². The topological polar surface area (TPSA) is 129 Å². The summed E-state index contributed by atoms with van der Waals surface area (Å²) < 4.78 is 7.16. The molecule has 0 spiro atoms. The maximum Gasteiger partial charge on any atom is 0.261 e. The second kappa shape index (κ2) is 8.12. The van der Waals surface area contributed by atoms with Crippen LogP contribution in [-0.4, -0.2) is 54.8 Å². The first-order chi connectivity index (χ1) is 15.9. The van der Waals surface area contributed by atoms with Crippen molar-refractivity contribution in [1.29, 1.82) is 0 Å². The zero-order chi connectivity index (χ0) is 23.0. The van der Waals surface area contributed by atoms with Gasteiger partial charge in [0.2, 0.25) is 11.9 Å². The minimum atomic E-state index is -0.269. The molecule has 0 atom stereocenters. The van der Waals surface area contributed by atoms with Gasteiger partial charge in [-0.25, -0.2) is 9.97 Å². The van der Waals surface area contributed by atoms with Gasteiger partial charge in [-0.2, -0.15) is 10.1 Å². The molecule has 10 nitrogen and oxygen atoms in total. The summed E-state index contributed by atoms with van der Waals surface area (Å²) >= 11 is 0. The van der Waals surface area contributed by atoms with Crippen molar-refractivity contribution in [3.63, 3.8) is 0 Å². The van der Waals surface area contributed by atoms with Crippen molar-refractivity contribution in [3.8, 4) is 22.6 Å². The van der Waals surface area contributed by atoms with Crippen LogP contribution >= 0.6 is 0 Å². The number of nitrogens with two attached hydrogens (primary N) is 1. The molecule has 4 aromatic rings. The average molecular weight is 444 g/mol. The van der Waals surface area contributed by atoms with E-state index < -0.39 is 0 Å². The molecule has 1 saturated carbocycles. The average Bonchev–Trinajstić information content (AvgIpc) is 3.44. The first-order valence-electron chi connectivity index (χ1n) is 10.7. The fraction of sp³-hybridized carbons (Fsp3) is 0.304. The monoisotopic (exact) mass is 444 g/mol. The Bertz CT molecular complexity index is 1270. The third-order valence-electron chi connectivity index (χ3n) is 6.18. The van der Waals surface area contributed by atoms with E-state index in [0.29, 0.717) is 17.3 Å². The molecule has 1 amide bonds. The van der Waals surface area contributed by atoms with Gasteiger partial charge >= 0.3 is 0 Å². The number of carbonyl (C=O) groups excluding carboxylic acids is 1. The van der Waals surface area contributed by atoms with Crippen LogP contribution in [0.4, 0.5) is 5.95 Å². The van der Waals surface area contributed by atoms with Crippen LogP contribution in [-0.2, 0) is 16.8 Å². The van der Waals surface area contributed by atoms with Crippen molar-refractivity contribution >= 4 is 11.9 Å². The van der Waals surface area contributed by atoms with Crippen LogP contribution in [0.2, 0.25) is 0 Å². The molecule has 10 heteroatoms. The van der Waals surface area contributed by atoms with Gasteiger partial charge in [0.15, 0.2) is 5.82 Å². The van der Waals surface area contributed by atoms with E-state index in [-0.39, 0.29) is 23.8 Å². The molecule has 2 N–H and O–H groups in total. The van der Waals surface area contributed by atoms with Crippen LogP contribution in [0.25, 0.3) is 22.6 Å². The number of carbonyl (C=O) groups is 1. The number of nitrogens with zero attached hydrogens (tertiary/aromatic N) is 7. The first-order valence-corrected chi connectivity index (χ1v) is 10.7. The Morgan fingerprint density at radius 2 is 1.82 bits per heavy atom. The lowest BCUT2D eigenvalue weighted by molar-refractivity contribution is -0.129. The van der Waals surface area contributed by atoms with Crippen LogP contribution in [0, 0.1) is 0 Å². The lowest BCUT2D eigenvalue weighted by atomic mass is 9.64. The molecule has 0 radical (unpaired) electrons. The molecule has 0 aliphatic heterocycles. The molecule has 3 aromatic heterocycles. The molecule has 5 rings (SSSR count). The van der Waals surface area contributed by atoms with Gasteiger partial charge < -0.3 is 15.2 Å². The highest BCUT2D eigenvalue weighted by molar-refractivity contribution is 5.75. The van der Waals surface area contributed by atoms with E-state index in [2.05, 4.69) is 44.5 Å². The Morgan fingerprint density at radius 3 is 2.45 bits per heavy atom. The normalized spacial score (nSPS) is 14.6. The van der Waals surface area contributed by atoms with E-state index in [0.717, 1.165) is 36.0 Å². The summed E-state index contributed by atoms with van der Waals surface area (Å²) in [4.78, 5) is 26.3. The molecule has 33 heavy (non-hydrogen) atoms. The minimum Gasteiger partial charge on any atom is -0.368 e. The predicted molar refractivity (Wildman–Crippen MR) is 121 cm³/mol. The molecule has 3 heterocycles. The standard InChI is InChI=1S/C23H24N8O2/c1-30(2)19(32)14-31-13-17(12-27-31)20-28-21(29-33-20)23(8-3-9-23)18-6-4-15(5-7-18)16-10-25-22(24)26-11-16/h4-7,10-13H,3,8-9,14H2,1-2H3,(H2,24,25,26). The highest BCUT2D eigenvalue weighted by atomic mass is 16.5. The zero-order valence-electron chi connectivity index (χ0n) is 18.5. The maximum atomic E-state index is 11.9. The summed E-state index contributed by atoms with van der Waals surface area (Å²) in [5, 5.41) is 8.57. The number of nitrogen functional groups attached to an aromatic ring is 1. The minimum absolute atomic E-state index is 0.0433. The number of rotatable bonds is 6. The van der Waals surface area contributed by atoms with Gasteiger partial charge in [-0.1, -0.05) is 35.8 Å². The van der Waals surface area contributed by atoms with Crippen molar-refractivity contribution in [2.45, 2.75) is 31.2 Å². The van der Waals surface area contributed by atoms with E-state index in [1.165, 1.54) is 4.90 Å². The number of likely N-dealkylation sites (N-methyl/N-ethyl adjacent to an activating group) is 1. The number of aromatic nitrogens is 6. The van der Waals surface area contributed by atoms with Crippen LogP contribution in [0.1, 0.15) is 30.7 Å². The second-order valence-electron chi connectivity index (χ2n) is 8.48. The predicted octanol–water partition coefficient (Wildman–Crippen LogP) is 2.53. The molecule has 1 aliphatic carbocycles. The Morgan fingerprint density at radius 1 is 1.09 bits per heavy atom. The summed E-state index contributed by atoms with van der Waals surface area (Å²) in [5.41, 5.74) is 9.08. The molecular weight excluding hydrogens is 420 g/mol. The van der Waals surface area contributed by atoms with Crippen molar-refractivity contribution in [2.75, 3.05) is 19.8 Å². The van der Waals surface area contributed by atoms with Gasteiger partial charge in [0.1, 0.15) is 6.54 Å². The highest BCUT2D eigenvalue weighted by Crippen LogP contribution is 2.48. The van der Waals surface area contributed by atoms with Crippen molar-refractivity contribution in [3.05, 3.63) is 60.4 Å². The fourth-order valence-corrected chi connectivity index (χ4v) is 4.02. The zero-order valence-corrected chi connectivity index (χ0v) is 18.5. The number of amides is 1. The number of hydrogen-bond donors (Lipinski definition) is 1. The molecule has 0 unspecified atom stereocenters. The van der Waals surface area contributed by atoms with Gasteiger partial charge in [-0.05, 0) is 24.0 Å². The number of hydrogen-bond acceptors (Lipinski definition) is 8. The Hall–Kier alpha value is -4.08. The summed E-state index contributed by atoms with van der Waals surface area (Å²) in [6.45, 7) is 0.156. The molecule has 1 fully saturated rings. The third kappa shape index (κ3) is 3.84. The number of anilines is 1. The Kier molecular flexibility index (Phi) is 5.12. The van der Waals surface area contributed by atoms with Crippen molar-refractivity contribution in [1.82, 2.24) is 34.8 Å². The maximum absolute atomic E-state index is 11.9. The van der Waals surface area contributed by atoms with Crippen LogP contribution in [0.5, 0.6) is 0 Å². The molecule has 1 aromatic carbocycles. The van der Waals surface area contributed by atoms with E-state index in [1.807, 2.05) is 0 Å². The van der Waals surface area contributed by atoms with E-state index in [4.69, 9.17) is 15.2 Å². The largest absolute Gasteiger partial charge is 0.368 e. The SMILES string of the molecule is CN(C)C(=O)Cn1cc(-c2nc(C3(c4ccc(-c5cnc(N)nc5)cc4)CCC3)no2)cn1. The van der Waals surface area contributed by atoms with Crippen LogP contribution in [0.3, 0.4) is 0 Å². The highest BCUT2D eigenvalue weighted by Gasteiger charge is 2.44. The summed E-state index contributed by atoms with van der Waals surface area (Å²) in [7, 11) is 3.43. The molecule has 168 valence electrons. The van der Waals surface area contributed by atoms with Gasteiger partial charge in [-0.15, -0.1) is 0 Å². The first kappa shape index (κ1) is 20.8. The summed E-state index contributed by atoms with van der Waals surface area (Å²) in [6, 6.07) is 8.31. The van der Waals surface area contributed by atoms with Crippen molar-refractivity contribution in [2.24, 2.45) is 0 Å². The lowest BCUT2D eigenvalue weighted by Crippen LogP contribution is -2.36. The van der Waals surface area contributed by atoms with E-state index >= 15 is 0 Å². The summed E-state index contributed by atoms with van der Waals surface area (Å²) in [5.74, 6) is 1.28. The summed E-state index contributed by atoms with van der Waals surface area (Å²) in [6.07, 6.45) is 9.82. The van der Waals surface area contributed by atoms with Gasteiger partial charge in [0, 0.05) is 38.2 Å². The molecule has 1 aliphatic rings. The Balaban J connectivity index is 1.38. The molecule has 0 bridgehead atoms. The third-order valence-corrected chi connectivity index (χ3v) is 6.18. The molecule has 0 saturated heterocycles. The molecular formula is C23H24N8O2. The smallest absolute Gasteiger partial charge is 0.261 e. The quantitative estimate of drug-likeness (QED) is 0.480. The van der Waals surface area contributed by atoms with Crippen LogP contribution in [0.15, 0.2) is 53.6 Å². The van der Waals surface area contributed by atoms with Crippen LogP contribution < -0.4 is 5.73 Å². The Labute approximate surface area is 190 Å². The fourth-order valence-electron chi connectivity index (χ4n) is 4.02. The van der Waals surface area contributed by atoms with E-state index in [9.17, 15) is 4.79 Å². The van der Waals surface area contributed by atoms with Gasteiger partial charge in [-0.3, -0.25) is 9.48 Å². The van der Waals surface area contributed by atoms with Gasteiger partial charge in [0.05, 0.1) is 17.2 Å². The second-order valence-corrected chi connectivity index (χ2v) is 8.48.